The van der Waals surface area contributed by atoms with Crippen LogP contribution in [0.4, 0.5) is 0 Å². The molecular weight excluding hydrogens is 350 g/mol. The molecule has 0 aliphatic carbocycles. The molecular formula is C18H35N5O2S. The summed E-state index contributed by atoms with van der Waals surface area (Å²) in [7, 11) is 2.75. The zero-order valence-corrected chi connectivity index (χ0v) is 18.3. The van der Waals surface area contributed by atoms with Crippen molar-refractivity contribution < 1.29 is 8.42 Å². The van der Waals surface area contributed by atoms with Gasteiger partial charge in [-0.2, -0.15) is 5.10 Å². The van der Waals surface area contributed by atoms with Gasteiger partial charge in [-0.05, 0) is 17.8 Å². The lowest BCUT2D eigenvalue weighted by atomic mass is 9.90. The van der Waals surface area contributed by atoms with Gasteiger partial charge in [-0.3, -0.25) is 9.67 Å². The van der Waals surface area contributed by atoms with Crippen LogP contribution in [0.25, 0.3) is 0 Å². The van der Waals surface area contributed by atoms with Crippen LogP contribution in [0.15, 0.2) is 11.2 Å². The Hall–Kier alpha value is -1.57. The highest BCUT2D eigenvalue weighted by Gasteiger charge is 2.22. The van der Waals surface area contributed by atoms with Crippen molar-refractivity contribution in [2.45, 2.75) is 46.6 Å². The first-order valence-corrected chi connectivity index (χ1v) is 11.0. The summed E-state index contributed by atoms with van der Waals surface area (Å²) in [6.07, 6.45) is 3.94. The largest absolute Gasteiger partial charge is 0.356 e. The van der Waals surface area contributed by atoms with Crippen molar-refractivity contribution in [1.82, 2.24) is 20.0 Å². The Morgan fingerprint density at radius 1 is 1.42 bits per heavy atom. The van der Waals surface area contributed by atoms with E-state index in [9.17, 15) is 8.42 Å². The van der Waals surface area contributed by atoms with Gasteiger partial charge in [0.25, 0.3) is 0 Å². The molecule has 0 radical (unpaired) electrons. The number of guanidine groups is 1. The number of rotatable bonds is 8. The Bertz CT molecular complexity index is 720. The van der Waals surface area contributed by atoms with Gasteiger partial charge in [0.05, 0.1) is 11.4 Å². The monoisotopic (exact) mass is 385 g/mol. The Kier molecular flexibility index (Phi) is 7.68. The van der Waals surface area contributed by atoms with E-state index in [1.165, 1.54) is 11.8 Å². The topological polar surface area (TPSA) is 79.6 Å². The fourth-order valence-corrected chi connectivity index (χ4v) is 3.67. The fourth-order valence-electron chi connectivity index (χ4n) is 2.75. The van der Waals surface area contributed by atoms with Crippen LogP contribution in [0.2, 0.25) is 0 Å². The normalized spacial score (nSPS) is 13.3. The molecule has 0 amide bonds. The molecule has 1 N–H and O–H groups in total. The second-order valence-electron chi connectivity index (χ2n) is 8.17. The summed E-state index contributed by atoms with van der Waals surface area (Å²) in [5, 5.41) is 7.93. The van der Waals surface area contributed by atoms with Crippen molar-refractivity contribution in [3.8, 4) is 0 Å². The van der Waals surface area contributed by atoms with Crippen molar-refractivity contribution in [2.24, 2.45) is 17.5 Å². The number of hydrogen-bond acceptors (Lipinski definition) is 4. The van der Waals surface area contributed by atoms with Gasteiger partial charge in [0.2, 0.25) is 0 Å². The van der Waals surface area contributed by atoms with Crippen LogP contribution in [0.5, 0.6) is 0 Å². The van der Waals surface area contributed by atoms with Crippen molar-refractivity contribution in [3.63, 3.8) is 0 Å². The maximum Gasteiger partial charge on any atom is 0.193 e. The molecule has 0 unspecified atom stereocenters. The van der Waals surface area contributed by atoms with Crippen molar-refractivity contribution in [3.05, 3.63) is 17.5 Å². The molecule has 0 aliphatic rings. The first-order chi connectivity index (χ1) is 11.8. The summed E-state index contributed by atoms with van der Waals surface area (Å²) >= 11 is 0. The van der Waals surface area contributed by atoms with Gasteiger partial charge in [-0.25, -0.2) is 8.42 Å². The van der Waals surface area contributed by atoms with Crippen LogP contribution in [-0.2, 0) is 23.4 Å². The Balaban J connectivity index is 2.71. The highest BCUT2D eigenvalue weighted by molar-refractivity contribution is 7.90. The molecule has 1 aromatic heterocycles. The lowest BCUT2D eigenvalue weighted by Gasteiger charge is -2.28. The van der Waals surface area contributed by atoms with Gasteiger partial charge < -0.3 is 10.2 Å². The molecule has 0 atom stereocenters. The molecule has 0 spiro atoms. The van der Waals surface area contributed by atoms with Gasteiger partial charge in [-0.15, -0.1) is 0 Å². The molecule has 1 heterocycles. The van der Waals surface area contributed by atoms with Gasteiger partial charge in [0.1, 0.15) is 9.84 Å². The number of aliphatic imine (C=N–C) groups is 1. The molecule has 8 heteroatoms. The van der Waals surface area contributed by atoms with Crippen LogP contribution >= 0.6 is 0 Å². The molecule has 0 saturated heterocycles. The van der Waals surface area contributed by atoms with E-state index in [2.05, 4.69) is 54.2 Å². The predicted octanol–water partition coefficient (Wildman–Crippen LogP) is 2.01. The summed E-state index contributed by atoms with van der Waals surface area (Å²) in [5.41, 5.74) is 2.14. The van der Waals surface area contributed by atoms with Gasteiger partial charge in [0, 0.05) is 52.2 Å². The lowest BCUT2D eigenvalue weighted by Crippen LogP contribution is -2.43. The molecule has 0 saturated carbocycles. The average Bonchev–Trinajstić information content (AvgIpc) is 2.86. The minimum absolute atomic E-state index is 0.142. The zero-order valence-electron chi connectivity index (χ0n) is 17.5. The zero-order chi connectivity index (χ0) is 20.1. The second-order valence-corrected chi connectivity index (χ2v) is 10.4. The van der Waals surface area contributed by atoms with Crippen LogP contribution < -0.4 is 5.32 Å². The standard InChI is InChI=1S/C18H35N5O2S/c1-14(2)16-15(12-23(7)21-16)11-22(6)17(19-5)20-13-18(3,4)9-10-26(8,24)25/h12,14H,9-11,13H2,1-8H3,(H,19,20). The second kappa shape index (κ2) is 8.88. The summed E-state index contributed by atoms with van der Waals surface area (Å²) < 4.78 is 24.7. The Labute approximate surface area is 158 Å². The molecule has 7 nitrogen and oxygen atoms in total. The maximum atomic E-state index is 11.4. The molecule has 0 aliphatic heterocycles. The molecule has 0 bridgehead atoms. The lowest BCUT2D eigenvalue weighted by molar-refractivity contribution is 0.340. The van der Waals surface area contributed by atoms with Crippen LogP contribution in [0, 0.1) is 5.41 Å². The third-order valence-corrected chi connectivity index (χ3v) is 5.29. The van der Waals surface area contributed by atoms with E-state index in [1.54, 1.807) is 7.05 Å². The third kappa shape index (κ3) is 7.35. The highest BCUT2D eigenvalue weighted by Crippen LogP contribution is 2.21. The Morgan fingerprint density at radius 3 is 2.54 bits per heavy atom. The van der Waals surface area contributed by atoms with Crippen molar-refractivity contribution in [2.75, 3.05) is 32.6 Å². The number of hydrogen-bond donors (Lipinski definition) is 1. The number of aromatic nitrogens is 2. The highest BCUT2D eigenvalue weighted by atomic mass is 32.2. The molecule has 1 rings (SSSR count). The van der Waals surface area contributed by atoms with Crippen LogP contribution in [-0.4, -0.2) is 61.7 Å². The number of nitrogens with zero attached hydrogens (tertiary/aromatic N) is 4. The van der Waals surface area contributed by atoms with Gasteiger partial charge >= 0.3 is 0 Å². The van der Waals surface area contributed by atoms with E-state index < -0.39 is 9.84 Å². The molecule has 26 heavy (non-hydrogen) atoms. The van der Waals surface area contributed by atoms with Crippen LogP contribution in [0.3, 0.4) is 0 Å². The first-order valence-electron chi connectivity index (χ1n) is 8.96. The molecule has 150 valence electrons. The minimum atomic E-state index is -2.95. The van der Waals surface area contributed by atoms with E-state index in [-0.39, 0.29) is 11.2 Å². The van der Waals surface area contributed by atoms with E-state index in [4.69, 9.17) is 0 Å². The van der Waals surface area contributed by atoms with Crippen molar-refractivity contribution in [1.29, 1.82) is 0 Å². The summed E-state index contributed by atoms with van der Waals surface area (Å²) in [5.74, 6) is 1.35. The van der Waals surface area contributed by atoms with Crippen LogP contribution in [0.1, 0.15) is 51.3 Å². The molecule has 0 fully saturated rings. The van der Waals surface area contributed by atoms with Crippen molar-refractivity contribution >= 4 is 15.8 Å². The Morgan fingerprint density at radius 2 is 2.04 bits per heavy atom. The van der Waals surface area contributed by atoms with E-state index >= 15 is 0 Å². The number of aryl methyl sites for hydroxylation is 1. The average molecular weight is 386 g/mol. The molecule has 0 aromatic carbocycles. The SMILES string of the molecule is CN=C(NCC(C)(C)CCS(C)(=O)=O)N(C)Cc1cn(C)nc1C(C)C. The fraction of sp³-hybridized carbons (Fsp3) is 0.778. The quantitative estimate of drug-likeness (QED) is 0.547. The molecule has 1 aromatic rings. The minimum Gasteiger partial charge on any atom is -0.356 e. The maximum absolute atomic E-state index is 11.4. The number of sulfone groups is 1. The predicted molar refractivity (Wildman–Crippen MR) is 108 cm³/mol. The van der Waals surface area contributed by atoms with Gasteiger partial charge in [0.15, 0.2) is 5.96 Å². The smallest absolute Gasteiger partial charge is 0.193 e. The van der Waals surface area contributed by atoms with E-state index in [0.29, 0.717) is 25.4 Å². The summed E-state index contributed by atoms with van der Waals surface area (Å²) in [4.78, 5) is 6.43. The summed E-state index contributed by atoms with van der Waals surface area (Å²) in [6.45, 7) is 9.79. The number of nitrogens with one attached hydrogen (secondary N) is 1. The third-order valence-electron chi connectivity index (χ3n) is 4.34. The first kappa shape index (κ1) is 22.5. The van der Waals surface area contributed by atoms with E-state index in [0.717, 1.165) is 11.7 Å². The van der Waals surface area contributed by atoms with Gasteiger partial charge in [-0.1, -0.05) is 27.7 Å². The summed E-state index contributed by atoms with van der Waals surface area (Å²) in [6, 6.07) is 0. The van der Waals surface area contributed by atoms with E-state index in [1.807, 2.05) is 18.8 Å².